The second-order valence-electron chi connectivity index (χ2n) is 7.79. The lowest BCUT2D eigenvalue weighted by Gasteiger charge is -2.24. The SMILES string of the molecule is COc1ncnc(OC)c1-n1c(NS(=O)(=O)[C@@H](C)[C@H](C)c2ncc(Cl)cn2)nnc1[C@@H]1COCCO1. The fourth-order valence-electron chi connectivity index (χ4n) is 3.52. The summed E-state index contributed by atoms with van der Waals surface area (Å²) in [6.07, 6.45) is 3.44. The molecule has 0 bridgehead atoms. The number of anilines is 1. The maximum Gasteiger partial charge on any atom is 0.245 e. The maximum atomic E-state index is 13.4. The van der Waals surface area contributed by atoms with E-state index in [2.05, 4.69) is 34.9 Å². The molecular formula is C20H25ClN8O6S. The van der Waals surface area contributed by atoms with Gasteiger partial charge in [0.2, 0.25) is 27.7 Å². The number of sulfonamides is 1. The van der Waals surface area contributed by atoms with Crippen LogP contribution in [-0.4, -0.2) is 82.4 Å². The van der Waals surface area contributed by atoms with Crippen LogP contribution in [0.1, 0.15) is 37.5 Å². The largest absolute Gasteiger partial charge is 0.479 e. The summed E-state index contributed by atoms with van der Waals surface area (Å²) in [6, 6.07) is 0. The summed E-state index contributed by atoms with van der Waals surface area (Å²) in [4.78, 5) is 16.6. The number of nitrogens with zero attached hydrogens (tertiary/aromatic N) is 7. The van der Waals surface area contributed by atoms with Crippen LogP contribution in [0.2, 0.25) is 5.02 Å². The fourth-order valence-corrected chi connectivity index (χ4v) is 4.85. The molecule has 3 aromatic rings. The van der Waals surface area contributed by atoms with Crippen LogP contribution in [0.3, 0.4) is 0 Å². The summed E-state index contributed by atoms with van der Waals surface area (Å²) in [6.45, 7) is 4.18. The highest BCUT2D eigenvalue weighted by Gasteiger charge is 2.34. The van der Waals surface area contributed by atoms with Crippen molar-refractivity contribution in [1.29, 1.82) is 0 Å². The Balaban J connectivity index is 1.77. The van der Waals surface area contributed by atoms with Crippen LogP contribution in [0.5, 0.6) is 11.8 Å². The monoisotopic (exact) mass is 540 g/mol. The predicted octanol–water partition coefficient (Wildman–Crippen LogP) is 1.54. The molecule has 0 saturated carbocycles. The standard InChI is InChI=1S/C20H25ClN8O6S/c1-11(16-22-7-13(21)8-23-16)12(2)36(30,31)28-20-27-26-17(14-9-34-5-6-35-14)29(20)15-18(32-3)24-10-25-19(15)33-4/h7-8,10-12,14H,5-6,9H2,1-4H3,(H,27,28)/t11-,12-,14-/m0/s1. The molecule has 194 valence electrons. The zero-order valence-electron chi connectivity index (χ0n) is 20.0. The molecule has 0 aromatic carbocycles. The van der Waals surface area contributed by atoms with Gasteiger partial charge in [-0.05, 0) is 6.92 Å². The molecule has 0 amide bonds. The summed E-state index contributed by atoms with van der Waals surface area (Å²) < 4.78 is 52.9. The molecule has 4 rings (SSSR count). The van der Waals surface area contributed by atoms with E-state index in [4.69, 9.17) is 30.5 Å². The van der Waals surface area contributed by atoms with Crippen LogP contribution in [0, 0.1) is 0 Å². The van der Waals surface area contributed by atoms with Crippen LogP contribution in [0.25, 0.3) is 5.69 Å². The third-order valence-corrected chi connectivity index (χ3v) is 7.68. The molecule has 1 aliphatic rings. The number of aromatic nitrogens is 7. The molecule has 16 heteroatoms. The molecule has 4 heterocycles. The number of nitrogens with one attached hydrogen (secondary N) is 1. The van der Waals surface area contributed by atoms with Gasteiger partial charge in [-0.1, -0.05) is 18.5 Å². The molecule has 0 radical (unpaired) electrons. The number of rotatable bonds is 9. The van der Waals surface area contributed by atoms with Gasteiger partial charge in [-0.25, -0.2) is 18.4 Å². The van der Waals surface area contributed by atoms with Crippen molar-refractivity contribution in [2.45, 2.75) is 31.1 Å². The first-order valence-electron chi connectivity index (χ1n) is 10.8. The lowest BCUT2D eigenvalue weighted by Crippen LogP contribution is -2.32. The summed E-state index contributed by atoms with van der Waals surface area (Å²) >= 11 is 5.86. The topological polar surface area (TPSA) is 165 Å². The van der Waals surface area contributed by atoms with Crippen molar-refractivity contribution >= 4 is 27.6 Å². The van der Waals surface area contributed by atoms with E-state index >= 15 is 0 Å². The average molecular weight is 541 g/mol. The molecule has 0 aliphatic carbocycles. The Hall–Kier alpha value is -3.14. The summed E-state index contributed by atoms with van der Waals surface area (Å²) in [5.41, 5.74) is 0.191. The minimum Gasteiger partial charge on any atom is -0.479 e. The molecule has 0 spiro atoms. The second kappa shape index (κ2) is 10.9. The van der Waals surface area contributed by atoms with Gasteiger partial charge in [-0.15, -0.1) is 10.2 Å². The lowest BCUT2D eigenvalue weighted by molar-refractivity contribution is -0.0941. The number of methoxy groups -OCH3 is 2. The number of hydrogen-bond donors (Lipinski definition) is 1. The van der Waals surface area contributed by atoms with Gasteiger partial charge in [0.1, 0.15) is 18.3 Å². The van der Waals surface area contributed by atoms with Crippen LogP contribution in [0.15, 0.2) is 18.7 Å². The van der Waals surface area contributed by atoms with Crippen molar-refractivity contribution in [2.75, 3.05) is 38.8 Å². The number of hydrogen-bond acceptors (Lipinski definition) is 12. The molecular weight excluding hydrogens is 516 g/mol. The van der Waals surface area contributed by atoms with Gasteiger partial charge in [0.05, 0.1) is 44.3 Å². The molecule has 3 aromatic heterocycles. The van der Waals surface area contributed by atoms with Crippen molar-refractivity contribution in [2.24, 2.45) is 0 Å². The Kier molecular flexibility index (Phi) is 7.82. The molecule has 3 atom stereocenters. The molecule has 36 heavy (non-hydrogen) atoms. The summed E-state index contributed by atoms with van der Waals surface area (Å²) in [5.74, 6) is 0.0797. The minimum absolute atomic E-state index is 0.107. The van der Waals surface area contributed by atoms with Crippen LogP contribution >= 0.6 is 11.6 Å². The van der Waals surface area contributed by atoms with Crippen LogP contribution in [-0.2, 0) is 19.5 Å². The van der Waals surface area contributed by atoms with Crippen molar-refractivity contribution in [3.05, 3.63) is 35.4 Å². The normalized spacial score (nSPS) is 17.9. The van der Waals surface area contributed by atoms with E-state index in [9.17, 15) is 8.42 Å². The number of halogens is 1. The van der Waals surface area contributed by atoms with Crippen molar-refractivity contribution in [1.82, 2.24) is 34.7 Å². The van der Waals surface area contributed by atoms with Gasteiger partial charge >= 0.3 is 0 Å². The van der Waals surface area contributed by atoms with E-state index in [-0.39, 0.29) is 35.8 Å². The van der Waals surface area contributed by atoms with Crippen LogP contribution in [0.4, 0.5) is 5.95 Å². The van der Waals surface area contributed by atoms with Gasteiger partial charge in [-0.2, -0.15) is 9.97 Å². The van der Waals surface area contributed by atoms with Crippen LogP contribution < -0.4 is 14.2 Å². The highest BCUT2D eigenvalue weighted by atomic mass is 35.5. The highest BCUT2D eigenvalue weighted by molar-refractivity contribution is 7.93. The molecule has 1 N–H and O–H groups in total. The molecule has 1 aliphatic heterocycles. The van der Waals surface area contributed by atoms with Gasteiger partial charge in [0, 0.05) is 18.3 Å². The molecule has 0 unspecified atom stereocenters. The summed E-state index contributed by atoms with van der Waals surface area (Å²) in [7, 11) is -1.21. The maximum absolute atomic E-state index is 13.4. The Morgan fingerprint density at radius 3 is 2.33 bits per heavy atom. The zero-order valence-corrected chi connectivity index (χ0v) is 21.5. The van der Waals surface area contributed by atoms with Gasteiger partial charge in [0.15, 0.2) is 11.5 Å². The third kappa shape index (κ3) is 5.18. The zero-order chi connectivity index (χ0) is 25.9. The Morgan fingerprint density at radius 2 is 1.75 bits per heavy atom. The smallest absolute Gasteiger partial charge is 0.245 e. The Morgan fingerprint density at radius 1 is 1.08 bits per heavy atom. The quantitative estimate of drug-likeness (QED) is 0.416. The van der Waals surface area contributed by atoms with Gasteiger partial charge < -0.3 is 18.9 Å². The van der Waals surface area contributed by atoms with Crippen molar-refractivity contribution < 1.29 is 27.4 Å². The first-order chi connectivity index (χ1) is 17.3. The minimum atomic E-state index is -4.04. The number of ether oxygens (including phenoxy) is 4. The van der Waals surface area contributed by atoms with Crippen molar-refractivity contribution in [3.8, 4) is 17.4 Å². The van der Waals surface area contributed by atoms with Gasteiger partial charge in [-0.3, -0.25) is 9.29 Å². The van der Waals surface area contributed by atoms with E-state index in [1.165, 1.54) is 44.4 Å². The van der Waals surface area contributed by atoms with Gasteiger partial charge in [0.25, 0.3) is 0 Å². The molecule has 1 fully saturated rings. The lowest BCUT2D eigenvalue weighted by atomic mass is 10.1. The fraction of sp³-hybridized carbons (Fsp3) is 0.500. The first kappa shape index (κ1) is 25.9. The van der Waals surface area contributed by atoms with E-state index < -0.39 is 27.3 Å². The third-order valence-electron chi connectivity index (χ3n) is 5.63. The van der Waals surface area contributed by atoms with Crippen molar-refractivity contribution in [3.63, 3.8) is 0 Å². The van der Waals surface area contributed by atoms with E-state index in [0.717, 1.165) is 0 Å². The Labute approximate surface area is 212 Å². The van der Waals surface area contributed by atoms with E-state index in [0.29, 0.717) is 24.1 Å². The second-order valence-corrected chi connectivity index (χ2v) is 10.3. The molecule has 1 saturated heterocycles. The first-order valence-corrected chi connectivity index (χ1v) is 12.8. The molecule has 14 nitrogen and oxygen atoms in total. The predicted molar refractivity (Wildman–Crippen MR) is 127 cm³/mol. The average Bonchev–Trinajstić information content (AvgIpc) is 3.30. The van der Waals surface area contributed by atoms with E-state index in [1.807, 2.05) is 0 Å². The highest BCUT2D eigenvalue weighted by Crippen LogP contribution is 2.35. The van der Waals surface area contributed by atoms with E-state index in [1.54, 1.807) is 6.92 Å². The Bertz CT molecular complexity index is 1280. The summed E-state index contributed by atoms with van der Waals surface area (Å²) in [5, 5.41) is 7.69.